The van der Waals surface area contributed by atoms with Crippen LogP contribution in [0.15, 0.2) is 24.3 Å². The minimum Gasteiger partial charge on any atom is -0.309 e. The van der Waals surface area contributed by atoms with Gasteiger partial charge < -0.3 is 5.32 Å². The van der Waals surface area contributed by atoms with Gasteiger partial charge in [-0.25, -0.2) is 8.42 Å². The quantitative estimate of drug-likeness (QED) is 0.830. The second kappa shape index (κ2) is 4.78. The van der Waals surface area contributed by atoms with E-state index in [2.05, 4.69) is 5.32 Å². The van der Waals surface area contributed by atoms with Gasteiger partial charge in [0, 0.05) is 6.04 Å². The van der Waals surface area contributed by atoms with Crippen LogP contribution in [0.25, 0.3) is 0 Å². The Bertz CT molecular complexity index is 496. The van der Waals surface area contributed by atoms with Gasteiger partial charge in [0.1, 0.15) is 0 Å². The molecule has 1 aromatic carbocycles. The SMILES string of the molecule is Cc1ccccc1C1CS(=O)(=O)C(C)CCN1. The predicted octanol–water partition coefficient (Wildman–Crippen LogP) is 1.83. The molecule has 2 rings (SSSR count). The molecular weight excluding hydrogens is 234 g/mol. The maximum atomic E-state index is 12.1. The van der Waals surface area contributed by atoms with Gasteiger partial charge in [-0.3, -0.25) is 0 Å². The lowest BCUT2D eigenvalue weighted by molar-refractivity contribution is 0.570. The van der Waals surface area contributed by atoms with Crippen LogP contribution < -0.4 is 5.32 Å². The first-order valence-electron chi connectivity index (χ1n) is 6.01. The largest absolute Gasteiger partial charge is 0.309 e. The van der Waals surface area contributed by atoms with Gasteiger partial charge in [-0.1, -0.05) is 24.3 Å². The first-order valence-corrected chi connectivity index (χ1v) is 7.73. The van der Waals surface area contributed by atoms with Crippen molar-refractivity contribution in [1.82, 2.24) is 5.32 Å². The molecule has 2 unspecified atom stereocenters. The molecule has 0 radical (unpaired) electrons. The third-order valence-electron chi connectivity index (χ3n) is 3.52. The molecule has 1 aliphatic heterocycles. The predicted molar refractivity (Wildman–Crippen MR) is 69.8 cm³/mol. The topological polar surface area (TPSA) is 46.2 Å². The summed E-state index contributed by atoms with van der Waals surface area (Å²) in [6.45, 7) is 4.59. The number of nitrogens with one attached hydrogen (secondary N) is 1. The molecule has 1 heterocycles. The Hall–Kier alpha value is -0.870. The van der Waals surface area contributed by atoms with Gasteiger partial charge in [-0.15, -0.1) is 0 Å². The molecule has 3 nitrogen and oxygen atoms in total. The first kappa shape index (κ1) is 12.6. The van der Waals surface area contributed by atoms with Crippen molar-refractivity contribution in [2.45, 2.75) is 31.6 Å². The highest BCUT2D eigenvalue weighted by molar-refractivity contribution is 7.92. The van der Waals surface area contributed by atoms with Gasteiger partial charge in [0.25, 0.3) is 0 Å². The monoisotopic (exact) mass is 253 g/mol. The van der Waals surface area contributed by atoms with Gasteiger partial charge >= 0.3 is 0 Å². The van der Waals surface area contributed by atoms with Crippen LogP contribution in [0.4, 0.5) is 0 Å². The molecule has 4 heteroatoms. The normalized spacial score (nSPS) is 28.6. The average molecular weight is 253 g/mol. The lowest BCUT2D eigenvalue weighted by atomic mass is 10.0. The van der Waals surface area contributed by atoms with Crippen molar-refractivity contribution >= 4 is 9.84 Å². The Labute approximate surface area is 103 Å². The van der Waals surface area contributed by atoms with Gasteiger partial charge in [-0.2, -0.15) is 0 Å². The van der Waals surface area contributed by atoms with E-state index in [4.69, 9.17) is 0 Å². The van der Waals surface area contributed by atoms with Crippen LogP contribution in [0.2, 0.25) is 0 Å². The zero-order chi connectivity index (χ0) is 12.5. The second-order valence-corrected chi connectivity index (χ2v) is 7.26. The molecule has 0 bridgehead atoms. The number of aryl methyl sites for hydroxylation is 1. The van der Waals surface area contributed by atoms with E-state index in [1.807, 2.05) is 31.2 Å². The summed E-state index contributed by atoms with van der Waals surface area (Å²) in [5.41, 5.74) is 2.25. The molecule has 1 aromatic rings. The average Bonchev–Trinajstić information content (AvgIpc) is 2.39. The Kier molecular flexibility index (Phi) is 3.54. The van der Waals surface area contributed by atoms with Gasteiger partial charge in [0.2, 0.25) is 0 Å². The van der Waals surface area contributed by atoms with Crippen LogP contribution in [-0.2, 0) is 9.84 Å². The maximum Gasteiger partial charge on any atom is 0.154 e. The number of sulfone groups is 1. The van der Waals surface area contributed by atoms with Crippen LogP contribution in [0.3, 0.4) is 0 Å². The summed E-state index contributed by atoms with van der Waals surface area (Å²) in [5.74, 6) is 0.207. The van der Waals surface area contributed by atoms with Crippen molar-refractivity contribution in [3.8, 4) is 0 Å². The smallest absolute Gasteiger partial charge is 0.154 e. The summed E-state index contributed by atoms with van der Waals surface area (Å²) in [7, 11) is -2.97. The highest BCUT2D eigenvalue weighted by atomic mass is 32.2. The Morgan fingerprint density at radius 2 is 2.00 bits per heavy atom. The van der Waals surface area contributed by atoms with E-state index < -0.39 is 9.84 Å². The summed E-state index contributed by atoms with van der Waals surface area (Å²) in [5, 5.41) is 3.11. The molecule has 0 aromatic heterocycles. The van der Waals surface area contributed by atoms with Crippen molar-refractivity contribution in [1.29, 1.82) is 0 Å². The van der Waals surface area contributed by atoms with E-state index in [0.717, 1.165) is 17.7 Å². The molecule has 0 aliphatic carbocycles. The minimum atomic E-state index is -2.97. The Morgan fingerprint density at radius 1 is 1.29 bits per heavy atom. The summed E-state index contributed by atoms with van der Waals surface area (Å²) in [6, 6.07) is 7.92. The number of benzene rings is 1. The summed E-state index contributed by atoms with van der Waals surface area (Å²) in [4.78, 5) is 0. The Balaban J connectivity index is 2.31. The zero-order valence-corrected chi connectivity index (χ0v) is 11.1. The number of hydrogen-bond donors (Lipinski definition) is 1. The van der Waals surface area contributed by atoms with Crippen molar-refractivity contribution < 1.29 is 8.42 Å². The zero-order valence-electron chi connectivity index (χ0n) is 10.3. The summed E-state index contributed by atoms with van der Waals surface area (Å²) < 4.78 is 24.1. The first-order chi connectivity index (χ1) is 8.00. The van der Waals surface area contributed by atoms with E-state index in [9.17, 15) is 8.42 Å². The Morgan fingerprint density at radius 3 is 2.71 bits per heavy atom. The van der Waals surface area contributed by atoms with Gasteiger partial charge in [-0.05, 0) is 37.9 Å². The minimum absolute atomic E-state index is 0.0638. The van der Waals surface area contributed by atoms with Crippen molar-refractivity contribution in [2.24, 2.45) is 0 Å². The third-order valence-corrected chi connectivity index (χ3v) is 5.78. The fourth-order valence-corrected chi connectivity index (χ4v) is 3.84. The number of rotatable bonds is 1. The lowest BCUT2D eigenvalue weighted by Crippen LogP contribution is -2.26. The molecular formula is C13H19NO2S. The van der Waals surface area contributed by atoms with Crippen molar-refractivity contribution in [3.63, 3.8) is 0 Å². The van der Waals surface area contributed by atoms with Crippen molar-refractivity contribution in [3.05, 3.63) is 35.4 Å². The molecule has 0 spiro atoms. The molecule has 2 atom stereocenters. The van der Waals surface area contributed by atoms with Gasteiger partial charge in [0.15, 0.2) is 9.84 Å². The molecule has 1 saturated heterocycles. The van der Waals surface area contributed by atoms with Crippen LogP contribution in [0.5, 0.6) is 0 Å². The van der Waals surface area contributed by atoms with Gasteiger partial charge in [0.05, 0.1) is 11.0 Å². The molecule has 0 saturated carbocycles. The lowest BCUT2D eigenvalue weighted by Gasteiger charge is -2.18. The van der Waals surface area contributed by atoms with E-state index in [1.165, 1.54) is 0 Å². The molecule has 1 aliphatic rings. The molecule has 1 N–H and O–H groups in total. The maximum absolute atomic E-state index is 12.1. The van der Waals surface area contributed by atoms with Crippen LogP contribution in [0, 0.1) is 6.92 Å². The van der Waals surface area contributed by atoms with Crippen LogP contribution >= 0.6 is 0 Å². The van der Waals surface area contributed by atoms with E-state index in [1.54, 1.807) is 6.92 Å². The fraction of sp³-hybridized carbons (Fsp3) is 0.538. The molecule has 94 valence electrons. The standard InChI is InChI=1S/C13H19NO2S/c1-10-5-3-4-6-12(10)13-9-17(15,16)11(2)7-8-14-13/h3-6,11,13-14H,7-9H2,1-2H3. The molecule has 1 fully saturated rings. The van der Waals surface area contributed by atoms with Crippen molar-refractivity contribution in [2.75, 3.05) is 12.3 Å². The van der Waals surface area contributed by atoms with Crippen LogP contribution in [-0.4, -0.2) is 26.0 Å². The summed E-state index contributed by atoms with van der Waals surface area (Å²) in [6.07, 6.45) is 0.699. The molecule has 17 heavy (non-hydrogen) atoms. The highest BCUT2D eigenvalue weighted by Crippen LogP contribution is 2.23. The van der Waals surface area contributed by atoms with E-state index in [-0.39, 0.29) is 17.0 Å². The fourth-order valence-electron chi connectivity index (χ4n) is 2.27. The second-order valence-electron chi connectivity index (χ2n) is 4.79. The summed E-state index contributed by atoms with van der Waals surface area (Å²) >= 11 is 0. The van der Waals surface area contributed by atoms with E-state index >= 15 is 0 Å². The number of hydrogen-bond acceptors (Lipinski definition) is 3. The van der Waals surface area contributed by atoms with Crippen LogP contribution in [0.1, 0.15) is 30.5 Å². The molecule has 0 amide bonds. The highest BCUT2D eigenvalue weighted by Gasteiger charge is 2.29. The van der Waals surface area contributed by atoms with E-state index in [0.29, 0.717) is 6.42 Å². The third kappa shape index (κ3) is 2.69.